The number of halogens is 1. The van der Waals surface area contributed by atoms with Crippen LogP contribution in [0.2, 0.25) is 0 Å². The maximum atomic E-state index is 11.8. The van der Waals surface area contributed by atoms with E-state index < -0.39 is 5.60 Å². The summed E-state index contributed by atoms with van der Waals surface area (Å²) in [6.45, 7) is 5.87. The maximum absolute atomic E-state index is 11.8. The average Bonchev–Trinajstić information content (AvgIpc) is 2.54. The van der Waals surface area contributed by atoms with Crippen LogP contribution in [0, 0.1) is 3.70 Å². The number of hydrogen-bond donors (Lipinski definition) is 0. The van der Waals surface area contributed by atoms with Crippen LogP contribution in [-0.4, -0.2) is 21.4 Å². The molecule has 0 saturated carbocycles. The molecule has 0 bridgehead atoms. The normalized spacial score (nSPS) is 15.3. The number of ether oxygens (including phenoxy) is 1. The SMILES string of the molecule is CC(C)(C)OC(=O)Cn1nc(I)c2c1CCCC2. The van der Waals surface area contributed by atoms with Crippen LogP contribution in [0.4, 0.5) is 0 Å². The second kappa shape index (κ2) is 5.19. The van der Waals surface area contributed by atoms with Crippen molar-refractivity contribution in [3.8, 4) is 0 Å². The zero-order valence-corrected chi connectivity index (χ0v) is 13.3. The van der Waals surface area contributed by atoms with Crippen LogP contribution in [0.15, 0.2) is 0 Å². The van der Waals surface area contributed by atoms with E-state index in [0.717, 1.165) is 16.5 Å². The molecule has 0 saturated heterocycles. The summed E-state index contributed by atoms with van der Waals surface area (Å²) in [5.41, 5.74) is 2.11. The molecule has 1 heterocycles. The van der Waals surface area contributed by atoms with Crippen molar-refractivity contribution < 1.29 is 9.53 Å². The van der Waals surface area contributed by atoms with Crippen molar-refractivity contribution in [2.24, 2.45) is 0 Å². The zero-order chi connectivity index (χ0) is 13.3. The summed E-state index contributed by atoms with van der Waals surface area (Å²) in [6, 6.07) is 0. The van der Waals surface area contributed by atoms with Gasteiger partial charge < -0.3 is 4.74 Å². The summed E-state index contributed by atoms with van der Waals surface area (Å²) in [5, 5.41) is 4.46. The largest absolute Gasteiger partial charge is 0.459 e. The highest BCUT2D eigenvalue weighted by molar-refractivity contribution is 14.1. The number of carbonyl (C=O) groups is 1. The molecule has 1 aromatic rings. The van der Waals surface area contributed by atoms with Gasteiger partial charge in [-0.2, -0.15) is 5.10 Å². The topological polar surface area (TPSA) is 44.1 Å². The molecule has 0 fully saturated rings. The van der Waals surface area contributed by atoms with Crippen molar-refractivity contribution in [1.29, 1.82) is 0 Å². The Morgan fingerprint density at radius 1 is 1.39 bits per heavy atom. The Morgan fingerprint density at radius 3 is 2.72 bits per heavy atom. The second-order valence-electron chi connectivity index (χ2n) is 5.67. The van der Waals surface area contributed by atoms with Crippen molar-refractivity contribution in [2.75, 3.05) is 0 Å². The lowest BCUT2D eigenvalue weighted by molar-refractivity contribution is -0.155. The number of rotatable bonds is 2. The molecule has 0 aliphatic heterocycles. The van der Waals surface area contributed by atoms with Crippen LogP contribution in [0.3, 0.4) is 0 Å². The van der Waals surface area contributed by atoms with E-state index in [0.29, 0.717) is 0 Å². The van der Waals surface area contributed by atoms with Gasteiger partial charge in [-0.1, -0.05) is 0 Å². The summed E-state index contributed by atoms with van der Waals surface area (Å²) in [5.74, 6) is -0.213. The Bertz CT molecular complexity index is 460. The molecule has 1 aliphatic rings. The van der Waals surface area contributed by atoms with E-state index in [1.54, 1.807) is 0 Å². The lowest BCUT2D eigenvalue weighted by Gasteiger charge is -2.20. The van der Waals surface area contributed by atoms with Gasteiger partial charge in [0.15, 0.2) is 0 Å². The predicted octanol–water partition coefficient (Wildman–Crippen LogP) is 2.71. The maximum Gasteiger partial charge on any atom is 0.328 e. The fourth-order valence-electron chi connectivity index (χ4n) is 2.25. The van der Waals surface area contributed by atoms with Crippen LogP contribution in [0.25, 0.3) is 0 Å². The molecule has 1 aromatic heterocycles. The third kappa shape index (κ3) is 3.24. The molecule has 0 amide bonds. The first kappa shape index (κ1) is 13.8. The van der Waals surface area contributed by atoms with E-state index in [1.165, 1.54) is 24.1 Å². The third-order valence-electron chi connectivity index (χ3n) is 2.91. The lowest BCUT2D eigenvalue weighted by atomic mass is 9.98. The van der Waals surface area contributed by atoms with Crippen LogP contribution < -0.4 is 0 Å². The van der Waals surface area contributed by atoms with Crippen LogP contribution in [-0.2, 0) is 28.9 Å². The number of hydrogen-bond acceptors (Lipinski definition) is 3. The molecule has 2 rings (SSSR count). The molecule has 0 N–H and O–H groups in total. The van der Waals surface area contributed by atoms with Crippen molar-refractivity contribution in [3.63, 3.8) is 0 Å². The van der Waals surface area contributed by atoms with Crippen molar-refractivity contribution in [3.05, 3.63) is 15.0 Å². The predicted molar refractivity (Wildman–Crippen MR) is 77.4 cm³/mol. The first-order valence-electron chi connectivity index (χ1n) is 6.33. The van der Waals surface area contributed by atoms with E-state index >= 15 is 0 Å². The van der Waals surface area contributed by atoms with Gasteiger partial charge in [0.25, 0.3) is 0 Å². The average molecular weight is 362 g/mol. The fraction of sp³-hybridized carbons (Fsp3) is 0.692. The molecule has 0 spiro atoms. The van der Waals surface area contributed by atoms with Gasteiger partial charge >= 0.3 is 5.97 Å². The summed E-state index contributed by atoms with van der Waals surface area (Å²) in [4.78, 5) is 11.8. The monoisotopic (exact) mass is 362 g/mol. The number of aromatic nitrogens is 2. The standard InChI is InChI=1S/C13H19IN2O2/c1-13(2,3)18-11(17)8-16-10-7-5-4-6-9(10)12(14)15-16/h4-8H2,1-3H3. The molecule has 5 heteroatoms. The van der Waals surface area contributed by atoms with E-state index in [1.807, 2.05) is 25.5 Å². The molecule has 1 aliphatic carbocycles. The Hall–Kier alpha value is -0.590. The Morgan fingerprint density at radius 2 is 2.06 bits per heavy atom. The minimum atomic E-state index is -0.433. The number of nitrogens with zero attached hydrogens (tertiary/aromatic N) is 2. The molecule has 0 atom stereocenters. The first-order valence-corrected chi connectivity index (χ1v) is 7.40. The molecule has 4 nitrogen and oxygen atoms in total. The summed E-state index contributed by atoms with van der Waals surface area (Å²) >= 11 is 2.26. The van der Waals surface area contributed by atoms with Crippen LogP contribution >= 0.6 is 22.6 Å². The quantitative estimate of drug-likeness (QED) is 0.600. The summed E-state index contributed by atoms with van der Waals surface area (Å²) in [6.07, 6.45) is 4.51. The van der Waals surface area contributed by atoms with Gasteiger partial charge in [0.1, 0.15) is 15.8 Å². The first-order chi connectivity index (χ1) is 8.37. The minimum absolute atomic E-state index is 0.213. The molecule has 0 unspecified atom stereocenters. The number of esters is 1. The fourth-order valence-corrected chi connectivity index (χ4v) is 3.09. The molecular formula is C13H19IN2O2. The molecule has 100 valence electrons. The highest BCUT2D eigenvalue weighted by Gasteiger charge is 2.22. The minimum Gasteiger partial charge on any atom is -0.459 e. The Labute approximate surface area is 121 Å². The second-order valence-corrected chi connectivity index (χ2v) is 6.69. The molecular weight excluding hydrogens is 343 g/mol. The van der Waals surface area contributed by atoms with E-state index in [2.05, 4.69) is 27.7 Å². The lowest BCUT2D eigenvalue weighted by Crippen LogP contribution is -2.27. The van der Waals surface area contributed by atoms with Gasteiger partial charge in [-0.25, -0.2) is 0 Å². The van der Waals surface area contributed by atoms with Gasteiger partial charge in [0.05, 0.1) is 0 Å². The highest BCUT2D eigenvalue weighted by atomic mass is 127. The zero-order valence-electron chi connectivity index (χ0n) is 11.1. The van der Waals surface area contributed by atoms with E-state index in [4.69, 9.17) is 4.74 Å². The molecule has 18 heavy (non-hydrogen) atoms. The summed E-state index contributed by atoms with van der Waals surface area (Å²) < 4.78 is 8.20. The Kier molecular flexibility index (Phi) is 3.99. The highest BCUT2D eigenvalue weighted by Crippen LogP contribution is 2.25. The van der Waals surface area contributed by atoms with Gasteiger partial charge in [0.2, 0.25) is 0 Å². The van der Waals surface area contributed by atoms with Gasteiger partial charge in [-0.15, -0.1) is 0 Å². The van der Waals surface area contributed by atoms with Crippen LogP contribution in [0.1, 0.15) is 44.9 Å². The summed E-state index contributed by atoms with van der Waals surface area (Å²) in [7, 11) is 0. The Balaban J connectivity index is 2.12. The van der Waals surface area contributed by atoms with Crippen LogP contribution in [0.5, 0.6) is 0 Å². The molecule has 0 aromatic carbocycles. The van der Waals surface area contributed by atoms with Crippen molar-refractivity contribution in [1.82, 2.24) is 9.78 Å². The van der Waals surface area contributed by atoms with E-state index in [-0.39, 0.29) is 12.5 Å². The van der Waals surface area contributed by atoms with Gasteiger partial charge in [-0.3, -0.25) is 9.48 Å². The van der Waals surface area contributed by atoms with Crippen molar-refractivity contribution >= 4 is 28.6 Å². The van der Waals surface area contributed by atoms with Gasteiger partial charge in [-0.05, 0) is 69.0 Å². The molecule has 0 radical (unpaired) electrons. The van der Waals surface area contributed by atoms with E-state index in [9.17, 15) is 4.79 Å². The third-order valence-corrected chi connectivity index (χ3v) is 3.77. The number of carbonyl (C=O) groups excluding carboxylic acids is 1. The van der Waals surface area contributed by atoms with Gasteiger partial charge in [0, 0.05) is 11.3 Å². The number of fused-ring (bicyclic) bond motifs is 1. The smallest absolute Gasteiger partial charge is 0.328 e. The van der Waals surface area contributed by atoms with Crippen molar-refractivity contribution in [2.45, 2.75) is 58.6 Å².